The van der Waals surface area contributed by atoms with E-state index in [0.717, 1.165) is 28.0 Å². The first-order valence-electron chi connectivity index (χ1n) is 10.4. The molecule has 1 amide bonds. The van der Waals surface area contributed by atoms with Crippen molar-refractivity contribution in [1.82, 2.24) is 4.98 Å². The van der Waals surface area contributed by atoms with Crippen LogP contribution in [0.4, 0.5) is 13.9 Å². The number of carbonyl (C=O) groups is 2. The van der Waals surface area contributed by atoms with E-state index in [9.17, 15) is 23.5 Å². The van der Waals surface area contributed by atoms with Gasteiger partial charge < -0.3 is 5.11 Å². The summed E-state index contributed by atoms with van der Waals surface area (Å²) in [5.41, 5.74) is 3.12. The predicted molar refractivity (Wildman–Crippen MR) is 127 cm³/mol. The third-order valence-electron chi connectivity index (χ3n) is 5.77. The number of aromatic nitrogens is 1. The van der Waals surface area contributed by atoms with Crippen LogP contribution < -0.4 is 4.90 Å². The molecule has 5 rings (SSSR count). The summed E-state index contributed by atoms with van der Waals surface area (Å²) >= 11 is 1.26. The van der Waals surface area contributed by atoms with E-state index in [4.69, 9.17) is 0 Å². The molecule has 5 nitrogen and oxygen atoms in total. The number of aryl methyl sites for hydroxylation is 2. The highest BCUT2D eigenvalue weighted by Crippen LogP contribution is 2.44. The Hall–Kier alpha value is -3.91. The summed E-state index contributed by atoms with van der Waals surface area (Å²) in [6, 6.07) is 13.2. The van der Waals surface area contributed by atoms with Crippen LogP contribution in [0.2, 0.25) is 0 Å². The Morgan fingerprint density at radius 1 is 0.971 bits per heavy atom. The summed E-state index contributed by atoms with van der Waals surface area (Å²) in [7, 11) is 0. The van der Waals surface area contributed by atoms with Crippen molar-refractivity contribution < 1.29 is 23.5 Å². The molecule has 1 N–H and O–H groups in total. The summed E-state index contributed by atoms with van der Waals surface area (Å²) in [6.07, 6.45) is 0. The Bertz CT molecular complexity index is 1490. The number of benzene rings is 3. The van der Waals surface area contributed by atoms with Gasteiger partial charge in [0.25, 0.3) is 5.78 Å². The van der Waals surface area contributed by atoms with Crippen LogP contribution in [-0.4, -0.2) is 21.8 Å². The molecule has 0 saturated carbocycles. The number of halogens is 2. The van der Waals surface area contributed by atoms with Crippen molar-refractivity contribution in [3.63, 3.8) is 0 Å². The van der Waals surface area contributed by atoms with Gasteiger partial charge in [0.05, 0.1) is 21.8 Å². The number of rotatable bonds is 3. The Morgan fingerprint density at radius 2 is 1.59 bits per heavy atom. The van der Waals surface area contributed by atoms with Crippen LogP contribution in [0.5, 0.6) is 0 Å². The average Bonchev–Trinajstić information content (AvgIpc) is 3.33. The van der Waals surface area contributed by atoms with Crippen LogP contribution in [0.25, 0.3) is 16.0 Å². The topological polar surface area (TPSA) is 70.5 Å². The highest BCUT2D eigenvalue weighted by Gasteiger charge is 2.48. The lowest BCUT2D eigenvalue weighted by Crippen LogP contribution is -2.29. The Morgan fingerprint density at radius 3 is 2.24 bits per heavy atom. The molecule has 1 aromatic heterocycles. The van der Waals surface area contributed by atoms with Crippen LogP contribution >= 0.6 is 11.3 Å². The maximum absolute atomic E-state index is 13.7. The summed E-state index contributed by atoms with van der Waals surface area (Å²) in [5.74, 6) is -3.18. The third-order valence-corrected chi connectivity index (χ3v) is 6.77. The van der Waals surface area contributed by atoms with Gasteiger partial charge in [0.1, 0.15) is 17.4 Å². The first kappa shape index (κ1) is 21.9. The van der Waals surface area contributed by atoms with Crippen molar-refractivity contribution in [2.24, 2.45) is 0 Å². The molecule has 0 spiro atoms. The van der Waals surface area contributed by atoms with Crippen LogP contribution in [0.15, 0.2) is 66.2 Å². The maximum Gasteiger partial charge on any atom is 0.301 e. The van der Waals surface area contributed by atoms with E-state index in [2.05, 4.69) is 4.98 Å². The third kappa shape index (κ3) is 3.56. The molecule has 170 valence electrons. The quantitative estimate of drug-likeness (QED) is 0.230. The Labute approximate surface area is 197 Å². The molecule has 0 radical (unpaired) electrons. The Kier molecular flexibility index (Phi) is 5.25. The zero-order valence-corrected chi connectivity index (χ0v) is 19.0. The molecule has 1 fully saturated rings. The van der Waals surface area contributed by atoms with E-state index >= 15 is 0 Å². The molecule has 1 unspecified atom stereocenters. The van der Waals surface area contributed by atoms with Gasteiger partial charge in [-0.3, -0.25) is 14.5 Å². The minimum atomic E-state index is -1.03. The normalized spacial score (nSPS) is 17.6. The average molecular weight is 477 g/mol. The second-order valence-electron chi connectivity index (χ2n) is 8.15. The lowest BCUT2D eigenvalue weighted by molar-refractivity contribution is -0.132. The fourth-order valence-corrected chi connectivity index (χ4v) is 5.38. The molecule has 4 aromatic rings. The van der Waals surface area contributed by atoms with Gasteiger partial charge in [-0.25, -0.2) is 13.8 Å². The zero-order chi connectivity index (χ0) is 24.1. The van der Waals surface area contributed by atoms with Crippen molar-refractivity contribution in [3.8, 4) is 0 Å². The number of amides is 1. The largest absolute Gasteiger partial charge is 0.507 e. The van der Waals surface area contributed by atoms with Crippen molar-refractivity contribution in [2.45, 2.75) is 19.9 Å². The molecule has 2 heterocycles. The fourth-order valence-electron chi connectivity index (χ4n) is 4.22. The second kappa shape index (κ2) is 8.14. The monoisotopic (exact) mass is 476 g/mol. The summed E-state index contributed by atoms with van der Waals surface area (Å²) in [6.45, 7) is 3.87. The number of fused-ring (bicyclic) bond motifs is 1. The maximum atomic E-state index is 13.7. The number of thiazole rings is 1. The number of anilines is 1. The van der Waals surface area contributed by atoms with E-state index in [1.807, 2.05) is 26.0 Å². The van der Waals surface area contributed by atoms with Crippen molar-refractivity contribution in [1.29, 1.82) is 0 Å². The summed E-state index contributed by atoms with van der Waals surface area (Å²) < 4.78 is 27.9. The molecular weight excluding hydrogens is 458 g/mol. The lowest BCUT2D eigenvalue weighted by atomic mass is 9.95. The zero-order valence-electron chi connectivity index (χ0n) is 18.2. The number of ketones is 1. The van der Waals surface area contributed by atoms with Gasteiger partial charge in [-0.1, -0.05) is 29.5 Å². The van der Waals surface area contributed by atoms with E-state index in [1.165, 1.54) is 52.6 Å². The molecule has 1 aliphatic rings. The second-order valence-corrected chi connectivity index (χ2v) is 9.16. The number of aliphatic hydroxyl groups excluding tert-OH is 1. The minimum Gasteiger partial charge on any atom is -0.507 e. The van der Waals surface area contributed by atoms with Crippen molar-refractivity contribution >= 4 is 44.1 Å². The number of aliphatic hydroxyl groups is 1. The summed E-state index contributed by atoms with van der Waals surface area (Å²) in [4.78, 5) is 32.3. The minimum absolute atomic E-state index is 0.171. The number of nitrogens with zero attached hydrogens (tertiary/aromatic N) is 2. The highest BCUT2D eigenvalue weighted by atomic mass is 32.1. The van der Waals surface area contributed by atoms with Gasteiger partial charge in [-0.15, -0.1) is 0 Å². The molecule has 0 aliphatic carbocycles. The van der Waals surface area contributed by atoms with Crippen LogP contribution in [0.1, 0.15) is 28.3 Å². The van der Waals surface area contributed by atoms with Crippen molar-refractivity contribution in [2.75, 3.05) is 4.90 Å². The van der Waals surface area contributed by atoms with Crippen LogP contribution in [0.3, 0.4) is 0 Å². The summed E-state index contributed by atoms with van der Waals surface area (Å²) in [5, 5.41) is 11.3. The Balaban J connectivity index is 1.74. The smallest absolute Gasteiger partial charge is 0.301 e. The predicted octanol–water partition coefficient (Wildman–Crippen LogP) is 5.82. The highest BCUT2D eigenvalue weighted by molar-refractivity contribution is 7.22. The fraction of sp³-hybridized carbons (Fsp3) is 0.115. The SMILES string of the molecule is Cc1cc(C)c2nc(N3C(=O)C(=O)/C(=C(/O)c4ccc(F)cc4)C3c3ccc(F)cc3)sc2c1. The molecule has 34 heavy (non-hydrogen) atoms. The van der Waals surface area contributed by atoms with E-state index in [0.29, 0.717) is 16.2 Å². The van der Waals surface area contributed by atoms with E-state index in [1.54, 1.807) is 0 Å². The van der Waals surface area contributed by atoms with E-state index in [-0.39, 0.29) is 11.1 Å². The van der Waals surface area contributed by atoms with Gasteiger partial charge >= 0.3 is 5.91 Å². The molecule has 8 heteroatoms. The number of hydrogen-bond acceptors (Lipinski definition) is 5. The van der Waals surface area contributed by atoms with E-state index < -0.39 is 35.1 Å². The molecule has 1 saturated heterocycles. The molecule has 1 atom stereocenters. The van der Waals surface area contributed by atoms with Crippen molar-refractivity contribution in [3.05, 3.63) is 100 Å². The van der Waals surface area contributed by atoms with Gasteiger partial charge in [0.15, 0.2) is 5.13 Å². The number of carbonyl (C=O) groups excluding carboxylic acids is 2. The van der Waals surface area contributed by atoms with Crippen LogP contribution in [-0.2, 0) is 9.59 Å². The van der Waals surface area contributed by atoms with Gasteiger partial charge in [0.2, 0.25) is 0 Å². The molecule has 0 bridgehead atoms. The first-order chi connectivity index (χ1) is 16.2. The van der Waals surface area contributed by atoms with Gasteiger partial charge in [-0.2, -0.15) is 0 Å². The molecule has 3 aromatic carbocycles. The first-order valence-corrected chi connectivity index (χ1v) is 11.3. The molecule has 1 aliphatic heterocycles. The number of Topliss-reactive ketones (excluding diaryl/α,β-unsaturated/α-hetero) is 1. The van der Waals surface area contributed by atoms with Gasteiger partial charge in [-0.05, 0) is 73.0 Å². The standard InChI is InChI=1S/C26H18F2N2O3S/c1-13-11-14(2)21-19(12-13)34-26(29-21)30-22(15-3-7-17(27)8-4-15)20(24(32)25(30)33)23(31)16-5-9-18(28)10-6-16/h3-12,22,31H,1-2H3/b23-20+. The van der Waals surface area contributed by atoms with Gasteiger partial charge in [0, 0.05) is 5.56 Å². The van der Waals surface area contributed by atoms with Crippen LogP contribution in [0, 0.1) is 25.5 Å². The molecular formula is C26H18F2N2O3S. The number of hydrogen-bond donors (Lipinski definition) is 1. The lowest BCUT2D eigenvalue weighted by Gasteiger charge is -2.23.